The lowest BCUT2D eigenvalue weighted by atomic mass is 9.82. The van der Waals surface area contributed by atoms with Gasteiger partial charge in [-0.1, -0.05) is 20.8 Å². The molecule has 0 aromatic carbocycles. The zero-order valence-corrected chi connectivity index (χ0v) is 8.73. The summed E-state index contributed by atoms with van der Waals surface area (Å²) >= 11 is 0. The maximum Gasteiger partial charge on any atom is 0.558 e. The van der Waals surface area contributed by atoms with Gasteiger partial charge in [-0.25, -0.2) is 0 Å². The molecular formula is C8H14N2O4. The second-order valence-electron chi connectivity index (χ2n) is 3.70. The van der Waals surface area contributed by atoms with Crippen LogP contribution >= 0.6 is 0 Å². The van der Waals surface area contributed by atoms with Gasteiger partial charge in [0.15, 0.2) is 0 Å². The first kappa shape index (κ1) is 12.5. The minimum Gasteiger partial charge on any atom is -0.253 e. The predicted molar refractivity (Wildman–Crippen MR) is 50.8 cm³/mol. The summed E-state index contributed by atoms with van der Waals surface area (Å²) in [6, 6.07) is 0. The van der Waals surface area contributed by atoms with Crippen molar-refractivity contribution in [1.82, 2.24) is 0 Å². The Kier molecular flexibility index (Phi) is 3.73. The van der Waals surface area contributed by atoms with E-state index in [0.717, 1.165) is 0 Å². The molecule has 0 radical (unpaired) electrons. The maximum atomic E-state index is 10.5. The van der Waals surface area contributed by atoms with Crippen LogP contribution in [0, 0.1) is 25.6 Å². The van der Waals surface area contributed by atoms with Gasteiger partial charge >= 0.3 is 5.82 Å². The van der Waals surface area contributed by atoms with E-state index in [9.17, 15) is 20.2 Å². The van der Waals surface area contributed by atoms with Crippen LogP contribution in [-0.4, -0.2) is 9.85 Å². The molecule has 0 saturated carbocycles. The van der Waals surface area contributed by atoms with Crippen LogP contribution < -0.4 is 0 Å². The van der Waals surface area contributed by atoms with Crippen molar-refractivity contribution in [3.8, 4) is 0 Å². The molecule has 0 N–H and O–H groups in total. The Hall–Kier alpha value is -1.46. The molecule has 0 aliphatic carbocycles. The smallest absolute Gasteiger partial charge is 0.253 e. The van der Waals surface area contributed by atoms with Crippen molar-refractivity contribution in [3.05, 3.63) is 31.6 Å². The molecule has 0 aromatic rings. The molecule has 0 aromatic heterocycles. The fraction of sp³-hybridized carbons (Fsp3) is 0.750. The van der Waals surface area contributed by atoms with Gasteiger partial charge in [0.1, 0.15) is 9.85 Å². The average Bonchev–Trinajstić information content (AvgIpc) is 2.02. The highest BCUT2D eigenvalue weighted by Gasteiger charge is 2.36. The van der Waals surface area contributed by atoms with Gasteiger partial charge in [-0.15, -0.1) is 0 Å². The third kappa shape index (κ3) is 2.51. The van der Waals surface area contributed by atoms with Crippen LogP contribution in [0.5, 0.6) is 0 Å². The van der Waals surface area contributed by atoms with Gasteiger partial charge in [-0.3, -0.25) is 20.2 Å². The first-order chi connectivity index (χ1) is 6.24. The van der Waals surface area contributed by atoms with Crippen molar-refractivity contribution in [2.45, 2.75) is 34.1 Å². The minimum absolute atomic E-state index is 0.204. The second kappa shape index (κ2) is 4.17. The van der Waals surface area contributed by atoms with Gasteiger partial charge in [0.25, 0.3) is 0 Å². The topological polar surface area (TPSA) is 86.3 Å². The lowest BCUT2D eigenvalue weighted by Crippen LogP contribution is -2.20. The average molecular weight is 202 g/mol. The van der Waals surface area contributed by atoms with Crippen molar-refractivity contribution in [3.63, 3.8) is 0 Å². The summed E-state index contributed by atoms with van der Waals surface area (Å²) in [6.45, 7) is 6.76. The molecule has 0 aliphatic rings. The predicted octanol–water partition coefficient (Wildman–Crippen LogP) is 2.21. The van der Waals surface area contributed by atoms with Crippen molar-refractivity contribution >= 4 is 0 Å². The van der Waals surface area contributed by atoms with Gasteiger partial charge < -0.3 is 0 Å². The first-order valence-corrected chi connectivity index (χ1v) is 4.24. The van der Waals surface area contributed by atoms with E-state index in [0.29, 0.717) is 6.42 Å². The fourth-order valence-electron chi connectivity index (χ4n) is 0.908. The molecule has 80 valence electrons. The Morgan fingerprint density at radius 3 is 1.79 bits per heavy atom. The number of hydrogen-bond acceptors (Lipinski definition) is 4. The molecule has 0 unspecified atom stereocenters. The number of hydrogen-bond donors (Lipinski definition) is 0. The Bertz CT molecular complexity index is 278. The molecule has 0 aliphatic heterocycles. The molecule has 0 fully saturated rings. The summed E-state index contributed by atoms with van der Waals surface area (Å²) < 4.78 is 0. The summed E-state index contributed by atoms with van der Waals surface area (Å²) in [5.41, 5.74) is -0.315. The molecule has 0 amide bonds. The second-order valence-corrected chi connectivity index (χ2v) is 3.70. The van der Waals surface area contributed by atoms with Crippen LogP contribution in [0.1, 0.15) is 34.1 Å². The lowest BCUT2D eigenvalue weighted by molar-refractivity contribution is -0.618. The van der Waals surface area contributed by atoms with E-state index in [1.54, 1.807) is 13.8 Å². The zero-order valence-electron chi connectivity index (χ0n) is 8.73. The number of nitrogens with zero attached hydrogens (tertiary/aromatic N) is 2. The third-order valence-electron chi connectivity index (χ3n) is 2.58. The molecule has 6 heteroatoms. The molecule has 6 nitrogen and oxygen atoms in total. The van der Waals surface area contributed by atoms with Crippen molar-refractivity contribution in [1.29, 1.82) is 0 Å². The Labute approximate surface area is 81.9 Å². The summed E-state index contributed by atoms with van der Waals surface area (Å²) in [5, 5.41) is 20.9. The van der Waals surface area contributed by atoms with Crippen LogP contribution in [0.4, 0.5) is 0 Å². The summed E-state index contributed by atoms with van der Waals surface area (Å²) in [7, 11) is 0. The molecule has 0 spiro atoms. The van der Waals surface area contributed by atoms with E-state index in [-0.39, 0.29) is 5.57 Å². The third-order valence-corrected chi connectivity index (χ3v) is 2.58. The van der Waals surface area contributed by atoms with Crippen LogP contribution in [0.3, 0.4) is 0 Å². The van der Waals surface area contributed by atoms with Crippen LogP contribution in [0.25, 0.3) is 0 Å². The van der Waals surface area contributed by atoms with Crippen LogP contribution in [0.15, 0.2) is 11.4 Å². The van der Waals surface area contributed by atoms with Crippen molar-refractivity contribution < 1.29 is 9.85 Å². The van der Waals surface area contributed by atoms with E-state index < -0.39 is 21.1 Å². The molecule has 0 saturated heterocycles. The molecule has 0 rings (SSSR count). The van der Waals surface area contributed by atoms with Crippen LogP contribution in [0.2, 0.25) is 0 Å². The fourth-order valence-corrected chi connectivity index (χ4v) is 0.908. The first-order valence-electron chi connectivity index (χ1n) is 4.24. The maximum absolute atomic E-state index is 10.5. The number of allylic oxidation sites excluding steroid dienone is 1. The van der Waals surface area contributed by atoms with Crippen molar-refractivity contribution in [2.24, 2.45) is 5.41 Å². The van der Waals surface area contributed by atoms with Gasteiger partial charge in [-0.05, 0) is 18.8 Å². The van der Waals surface area contributed by atoms with Gasteiger partial charge in [0, 0.05) is 0 Å². The Morgan fingerprint density at radius 1 is 1.21 bits per heavy atom. The number of rotatable bonds is 4. The SMILES string of the molecule is CCC(C)(C)C(C)=C([N+](=O)[O-])[N+](=O)[O-]. The van der Waals surface area contributed by atoms with E-state index in [1.807, 2.05) is 6.92 Å². The Morgan fingerprint density at radius 2 is 1.57 bits per heavy atom. The van der Waals surface area contributed by atoms with E-state index in [1.165, 1.54) is 6.92 Å². The molecule has 0 atom stereocenters. The van der Waals surface area contributed by atoms with Gasteiger partial charge in [0.05, 0.1) is 5.57 Å². The number of nitro groups is 2. The lowest BCUT2D eigenvalue weighted by Gasteiger charge is -2.20. The monoisotopic (exact) mass is 202 g/mol. The van der Waals surface area contributed by atoms with E-state index >= 15 is 0 Å². The molecular weight excluding hydrogens is 188 g/mol. The van der Waals surface area contributed by atoms with Gasteiger partial charge in [0.2, 0.25) is 0 Å². The quantitative estimate of drug-likeness (QED) is 0.516. The van der Waals surface area contributed by atoms with Gasteiger partial charge in [-0.2, -0.15) is 0 Å². The van der Waals surface area contributed by atoms with E-state index in [4.69, 9.17) is 0 Å². The highest BCUT2D eigenvalue weighted by Crippen LogP contribution is 2.31. The minimum atomic E-state index is -0.938. The normalized spacial score (nSPS) is 10.9. The molecule has 0 heterocycles. The summed E-state index contributed by atoms with van der Waals surface area (Å²) in [4.78, 5) is 19.0. The Balaban J connectivity index is 5.42. The summed E-state index contributed by atoms with van der Waals surface area (Å²) in [6.07, 6.45) is 0.615. The molecule has 14 heavy (non-hydrogen) atoms. The van der Waals surface area contributed by atoms with E-state index in [2.05, 4.69) is 0 Å². The largest absolute Gasteiger partial charge is 0.558 e. The van der Waals surface area contributed by atoms with Crippen LogP contribution in [-0.2, 0) is 0 Å². The standard InChI is InChI=1S/C8H14N2O4/c1-5-8(3,4)6(2)7(9(11)12)10(13)14/h5H2,1-4H3. The molecule has 0 bridgehead atoms. The van der Waals surface area contributed by atoms with Crippen molar-refractivity contribution in [2.75, 3.05) is 0 Å². The zero-order chi connectivity index (χ0) is 11.5. The highest BCUT2D eigenvalue weighted by molar-refractivity contribution is 5.08. The highest BCUT2D eigenvalue weighted by atomic mass is 16.7. The summed E-state index contributed by atoms with van der Waals surface area (Å²) in [5.74, 6) is -0.906.